The van der Waals surface area contributed by atoms with Crippen LogP contribution in [-0.4, -0.2) is 43.0 Å². The lowest BCUT2D eigenvalue weighted by Crippen LogP contribution is -2.30. The Morgan fingerprint density at radius 3 is 2.29 bits per heavy atom. The summed E-state index contributed by atoms with van der Waals surface area (Å²) in [5.74, 6) is -0.892. The monoisotopic (exact) mass is 313 g/mol. The van der Waals surface area contributed by atoms with E-state index >= 15 is 0 Å². The fourth-order valence-corrected chi connectivity index (χ4v) is 3.07. The normalized spacial score (nSPS) is 10.1. The highest BCUT2D eigenvalue weighted by Gasteiger charge is 2.26. The van der Waals surface area contributed by atoms with E-state index in [1.54, 1.807) is 11.8 Å². The van der Waals surface area contributed by atoms with Crippen LogP contribution in [0.5, 0.6) is 0 Å². The molecule has 1 heterocycles. The van der Waals surface area contributed by atoms with E-state index < -0.39 is 12.0 Å². The molecule has 0 aliphatic rings. The molecule has 0 saturated heterocycles. The summed E-state index contributed by atoms with van der Waals surface area (Å²) in [6, 6.07) is 0. The predicted molar refractivity (Wildman–Crippen MR) is 80.9 cm³/mol. The van der Waals surface area contributed by atoms with Crippen molar-refractivity contribution >= 4 is 34.2 Å². The third-order valence-corrected chi connectivity index (χ3v) is 4.23. The number of hydrogen-bond donors (Lipinski definition) is 2. The fourth-order valence-electron chi connectivity index (χ4n) is 1.90. The molecule has 0 unspecified atom stereocenters. The second kappa shape index (κ2) is 7.07. The Morgan fingerprint density at radius 2 is 1.86 bits per heavy atom. The van der Waals surface area contributed by atoms with Gasteiger partial charge in [0.2, 0.25) is 0 Å². The molecular weight excluding hydrogens is 294 g/mol. The van der Waals surface area contributed by atoms with Crippen LogP contribution in [0.25, 0.3) is 0 Å². The maximum Gasteiger partial charge on any atom is 0.411 e. The van der Waals surface area contributed by atoms with Crippen molar-refractivity contribution in [3.05, 3.63) is 16.0 Å². The molecule has 1 aromatic heterocycles. The standard InChI is InChI=1S/C13H19N3O4S/c1-5-16(6-2)12(18)9-7(3)8(10(14)17)11(21-9)15-13(19)20-4/h5-6H2,1-4H3,(H2,14,17)(H,15,19). The summed E-state index contributed by atoms with van der Waals surface area (Å²) in [5.41, 5.74) is 5.95. The molecule has 0 saturated carbocycles. The second-order valence-electron chi connectivity index (χ2n) is 4.22. The smallest absolute Gasteiger partial charge is 0.411 e. The van der Waals surface area contributed by atoms with Crippen LogP contribution in [0, 0.1) is 6.92 Å². The van der Waals surface area contributed by atoms with Crippen LogP contribution in [0.1, 0.15) is 39.4 Å². The highest BCUT2D eigenvalue weighted by molar-refractivity contribution is 7.18. The largest absolute Gasteiger partial charge is 0.453 e. The summed E-state index contributed by atoms with van der Waals surface area (Å²) >= 11 is 1.02. The minimum Gasteiger partial charge on any atom is -0.453 e. The molecule has 8 heteroatoms. The summed E-state index contributed by atoms with van der Waals surface area (Å²) in [6.45, 7) is 6.48. The first-order chi connectivity index (χ1) is 9.87. The first kappa shape index (κ1) is 17.0. The number of nitrogens with zero attached hydrogens (tertiary/aromatic N) is 1. The summed E-state index contributed by atoms with van der Waals surface area (Å²) < 4.78 is 4.50. The van der Waals surface area contributed by atoms with Gasteiger partial charge in [-0.25, -0.2) is 4.79 Å². The van der Waals surface area contributed by atoms with Crippen molar-refractivity contribution in [1.82, 2.24) is 4.90 Å². The maximum atomic E-state index is 12.4. The molecule has 0 spiro atoms. The molecule has 1 aromatic rings. The lowest BCUT2D eigenvalue weighted by atomic mass is 10.1. The number of thiophene rings is 1. The Balaban J connectivity index is 3.29. The molecule has 0 bridgehead atoms. The molecule has 0 radical (unpaired) electrons. The number of primary amides is 1. The Kier molecular flexibility index (Phi) is 5.71. The average molecular weight is 313 g/mol. The van der Waals surface area contributed by atoms with E-state index in [4.69, 9.17) is 5.73 Å². The summed E-state index contributed by atoms with van der Waals surface area (Å²) in [7, 11) is 1.21. The molecule has 0 aliphatic carbocycles. The van der Waals surface area contributed by atoms with Gasteiger partial charge in [-0.15, -0.1) is 11.3 Å². The lowest BCUT2D eigenvalue weighted by Gasteiger charge is -2.17. The Hall–Kier alpha value is -2.09. The van der Waals surface area contributed by atoms with Crippen LogP contribution in [0.15, 0.2) is 0 Å². The topological polar surface area (TPSA) is 102 Å². The van der Waals surface area contributed by atoms with Crippen LogP contribution in [0.2, 0.25) is 0 Å². The number of carbonyl (C=O) groups is 3. The fraction of sp³-hybridized carbons (Fsp3) is 0.462. The van der Waals surface area contributed by atoms with E-state index in [-0.39, 0.29) is 16.5 Å². The van der Waals surface area contributed by atoms with Crippen LogP contribution >= 0.6 is 11.3 Å². The first-order valence-electron chi connectivity index (χ1n) is 6.44. The molecule has 21 heavy (non-hydrogen) atoms. The summed E-state index contributed by atoms with van der Waals surface area (Å²) in [5, 5.41) is 2.64. The van der Waals surface area contributed by atoms with Crippen molar-refractivity contribution in [3.63, 3.8) is 0 Å². The van der Waals surface area contributed by atoms with E-state index in [1.165, 1.54) is 7.11 Å². The van der Waals surface area contributed by atoms with Gasteiger partial charge in [0.05, 0.1) is 17.6 Å². The van der Waals surface area contributed by atoms with E-state index in [1.807, 2.05) is 13.8 Å². The molecule has 3 amide bonds. The number of ether oxygens (including phenoxy) is 1. The molecule has 116 valence electrons. The Bertz CT molecular complexity index is 564. The minimum absolute atomic E-state index is 0.140. The van der Waals surface area contributed by atoms with Gasteiger partial charge in [0.25, 0.3) is 11.8 Å². The van der Waals surface area contributed by atoms with E-state index in [0.717, 1.165) is 11.3 Å². The molecule has 0 aromatic carbocycles. The zero-order valence-corrected chi connectivity index (χ0v) is 13.3. The average Bonchev–Trinajstić information content (AvgIpc) is 2.76. The number of carbonyl (C=O) groups excluding carboxylic acids is 3. The van der Waals surface area contributed by atoms with Gasteiger partial charge < -0.3 is 15.4 Å². The molecule has 3 N–H and O–H groups in total. The molecule has 0 atom stereocenters. The third kappa shape index (κ3) is 3.52. The minimum atomic E-state index is -0.722. The third-order valence-electron chi connectivity index (χ3n) is 3.04. The summed E-state index contributed by atoms with van der Waals surface area (Å²) in [6.07, 6.45) is -0.722. The molecule has 7 nitrogen and oxygen atoms in total. The Morgan fingerprint density at radius 1 is 1.29 bits per heavy atom. The van der Waals surface area contributed by atoms with Crippen LogP contribution in [0.3, 0.4) is 0 Å². The molecular formula is C13H19N3O4S. The van der Waals surface area contributed by atoms with Crippen molar-refractivity contribution in [3.8, 4) is 0 Å². The van der Waals surface area contributed by atoms with Gasteiger partial charge in [0, 0.05) is 13.1 Å². The zero-order valence-electron chi connectivity index (χ0n) is 12.5. The molecule has 0 aliphatic heterocycles. The van der Waals surface area contributed by atoms with E-state index in [2.05, 4.69) is 10.1 Å². The number of nitrogens with two attached hydrogens (primary N) is 1. The van der Waals surface area contributed by atoms with Crippen molar-refractivity contribution in [2.75, 3.05) is 25.5 Å². The van der Waals surface area contributed by atoms with Gasteiger partial charge in [-0.1, -0.05) is 0 Å². The molecule has 1 rings (SSSR count). The van der Waals surface area contributed by atoms with Gasteiger partial charge in [-0.05, 0) is 26.3 Å². The Labute approximate surface area is 127 Å². The number of methoxy groups -OCH3 is 1. The lowest BCUT2D eigenvalue weighted by molar-refractivity contribution is 0.0777. The van der Waals surface area contributed by atoms with Gasteiger partial charge in [0.15, 0.2) is 0 Å². The number of nitrogens with one attached hydrogen (secondary N) is 1. The van der Waals surface area contributed by atoms with Gasteiger partial charge >= 0.3 is 6.09 Å². The van der Waals surface area contributed by atoms with Crippen molar-refractivity contribution in [2.24, 2.45) is 5.73 Å². The van der Waals surface area contributed by atoms with E-state index in [0.29, 0.717) is 23.5 Å². The number of hydrogen-bond acceptors (Lipinski definition) is 5. The van der Waals surface area contributed by atoms with E-state index in [9.17, 15) is 14.4 Å². The van der Waals surface area contributed by atoms with Crippen molar-refractivity contribution in [2.45, 2.75) is 20.8 Å². The van der Waals surface area contributed by atoms with Crippen LogP contribution in [0.4, 0.5) is 9.80 Å². The second-order valence-corrected chi connectivity index (χ2v) is 5.24. The molecule has 0 fully saturated rings. The van der Waals surface area contributed by atoms with Gasteiger partial charge in [-0.2, -0.15) is 0 Å². The van der Waals surface area contributed by atoms with Gasteiger partial charge in [-0.3, -0.25) is 14.9 Å². The highest BCUT2D eigenvalue weighted by Crippen LogP contribution is 2.33. The summed E-state index contributed by atoms with van der Waals surface area (Å²) in [4.78, 5) is 37.3. The number of anilines is 1. The maximum absolute atomic E-state index is 12.4. The van der Waals surface area contributed by atoms with Gasteiger partial charge in [0.1, 0.15) is 5.00 Å². The zero-order chi connectivity index (χ0) is 16.2. The predicted octanol–water partition coefficient (Wildman–Crippen LogP) is 1.82. The van der Waals surface area contributed by atoms with Crippen LogP contribution < -0.4 is 11.1 Å². The van der Waals surface area contributed by atoms with Crippen molar-refractivity contribution < 1.29 is 19.1 Å². The SMILES string of the molecule is CCN(CC)C(=O)c1sc(NC(=O)OC)c(C(N)=O)c1C. The van der Waals surface area contributed by atoms with Crippen molar-refractivity contribution in [1.29, 1.82) is 0 Å². The quantitative estimate of drug-likeness (QED) is 0.865. The number of amides is 3. The van der Waals surface area contributed by atoms with Crippen LogP contribution in [-0.2, 0) is 4.74 Å². The number of rotatable bonds is 5. The highest BCUT2D eigenvalue weighted by atomic mass is 32.1. The first-order valence-corrected chi connectivity index (χ1v) is 7.26.